The smallest absolute Gasteiger partial charge is 0.293 e. The molecule has 0 aliphatic carbocycles. The van der Waals surface area contributed by atoms with Gasteiger partial charge in [-0.25, -0.2) is 0 Å². The van der Waals surface area contributed by atoms with E-state index in [9.17, 15) is 4.79 Å². The van der Waals surface area contributed by atoms with E-state index in [1.165, 1.54) is 17.8 Å². The first-order valence-electron chi connectivity index (χ1n) is 9.00. The molecule has 0 aliphatic heterocycles. The minimum atomic E-state index is -0.327. The van der Waals surface area contributed by atoms with Gasteiger partial charge in [-0.3, -0.25) is 14.8 Å². The van der Waals surface area contributed by atoms with Crippen molar-refractivity contribution in [1.82, 2.24) is 20.0 Å². The first-order chi connectivity index (χ1) is 13.1. The summed E-state index contributed by atoms with van der Waals surface area (Å²) in [5, 5.41) is 16.8. The maximum atomic E-state index is 12.4. The van der Waals surface area contributed by atoms with Gasteiger partial charge in [0.1, 0.15) is 10.8 Å². The highest BCUT2D eigenvalue weighted by atomic mass is 79.9. The van der Waals surface area contributed by atoms with Crippen LogP contribution in [0.4, 0.5) is 5.13 Å². The van der Waals surface area contributed by atoms with Crippen LogP contribution < -0.4 is 5.32 Å². The maximum absolute atomic E-state index is 12.4. The number of anilines is 1. The zero-order chi connectivity index (χ0) is 19.2. The van der Waals surface area contributed by atoms with Crippen LogP contribution in [0.25, 0.3) is 0 Å². The van der Waals surface area contributed by atoms with Crippen molar-refractivity contribution in [3.63, 3.8) is 0 Å². The molecule has 3 aromatic rings. The molecule has 0 aliphatic rings. The Morgan fingerprint density at radius 1 is 1.37 bits per heavy atom. The zero-order valence-electron chi connectivity index (χ0n) is 15.3. The molecule has 1 atom stereocenters. The maximum Gasteiger partial charge on any atom is 0.293 e. The highest BCUT2D eigenvalue weighted by Gasteiger charge is 2.18. The van der Waals surface area contributed by atoms with Crippen molar-refractivity contribution >= 4 is 38.3 Å². The minimum Gasteiger partial charge on any atom is -0.454 e. The van der Waals surface area contributed by atoms with E-state index in [0.717, 1.165) is 28.7 Å². The van der Waals surface area contributed by atoms with Crippen molar-refractivity contribution in [2.45, 2.75) is 52.0 Å². The average Bonchev–Trinajstić information content (AvgIpc) is 3.38. The molecule has 1 amide bonds. The predicted molar refractivity (Wildman–Crippen MR) is 108 cm³/mol. The second-order valence-corrected chi connectivity index (χ2v) is 8.19. The number of hydrogen-bond donors (Lipinski definition) is 1. The summed E-state index contributed by atoms with van der Waals surface area (Å²) >= 11 is 4.79. The fourth-order valence-corrected chi connectivity index (χ4v) is 4.02. The van der Waals surface area contributed by atoms with E-state index in [0.29, 0.717) is 23.4 Å². The summed E-state index contributed by atoms with van der Waals surface area (Å²) in [6, 6.07) is 3.43. The van der Waals surface area contributed by atoms with Gasteiger partial charge in [0.15, 0.2) is 5.76 Å². The van der Waals surface area contributed by atoms with Crippen LogP contribution in [0, 0.1) is 0 Å². The Morgan fingerprint density at radius 2 is 2.22 bits per heavy atom. The lowest BCUT2D eigenvalue weighted by molar-refractivity contribution is 0.0994. The van der Waals surface area contributed by atoms with Crippen molar-refractivity contribution in [3.05, 3.63) is 45.5 Å². The van der Waals surface area contributed by atoms with Gasteiger partial charge in [-0.2, -0.15) is 5.10 Å². The van der Waals surface area contributed by atoms with E-state index in [2.05, 4.69) is 50.4 Å². The normalized spacial score (nSPS) is 12.3. The number of carbonyl (C=O) groups excluding carboxylic acids is 1. The van der Waals surface area contributed by atoms with Crippen LogP contribution in [0.2, 0.25) is 0 Å². The molecule has 7 nitrogen and oxygen atoms in total. The standard InChI is InChI=1S/C18H22BrN5O2S/c1-3-5-6-12(4-2)17-22-23-18(27-17)21-16(25)15-8-7-14(26-15)11-24-10-13(19)9-20-24/h7-10,12H,3-6,11H2,1-2H3,(H,21,23,25)/t12-/m0/s1. The number of unbranched alkanes of at least 4 members (excludes halogenated alkanes) is 1. The zero-order valence-corrected chi connectivity index (χ0v) is 17.7. The van der Waals surface area contributed by atoms with Gasteiger partial charge in [0.2, 0.25) is 5.13 Å². The van der Waals surface area contributed by atoms with Crippen LogP contribution in [0.5, 0.6) is 0 Å². The minimum absolute atomic E-state index is 0.242. The van der Waals surface area contributed by atoms with E-state index < -0.39 is 0 Å². The summed E-state index contributed by atoms with van der Waals surface area (Å²) in [6.07, 6.45) is 7.99. The highest BCUT2D eigenvalue weighted by molar-refractivity contribution is 9.10. The van der Waals surface area contributed by atoms with E-state index >= 15 is 0 Å². The number of carbonyl (C=O) groups is 1. The number of nitrogens with one attached hydrogen (secondary N) is 1. The lowest BCUT2D eigenvalue weighted by atomic mass is 10.0. The lowest BCUT2D eigenvalue weighted by Crippen LogP contribution is -2.10. The monoisotopic (exact) mass is 451 g/mol. The van der Waals surface area contributed by atoms with Crippen LogP contribution in [0.3, 0.4) is 0 Å². The Labute approximate surface area is 170 Å². The molecule has 3 rings (SSSR count). The molecule has 0 saturated heterocycles. The van der Waals surface area contributed by atoms with Gasteiger partial charge in [0.25, 0.3) is 5.91 Å². The van der Waals surface area contributed by atoms with Crippen molar-refractivity contribution in [2.24, 2.45) is 0 Å². The summed E-state index contributed by atoms with van der Waals surface area (Å²) in [6.45, 7) is 4.79. The number of aromatic nitrogens is 4. The van der Waals surface area contributed by atoms with Crippen LogP contribution in [-0.2, 0) is 6.54 Å². The molecule has 0 saturated carbocycles. The number of hydrogen-bond acceptors (Lipinski definition) is 6. The molecule has 3 aromatic heterocycles. The van der Waals surface area contributed by atoms with Crippen molar-refractivity contribution < 1.29 is 9.21 Å². The Kier molecular flexibility index (Phi) is 6.78. The fraction of sp³-hybridized carbons (Fsp3) is 0.444. The number of furan rings is 1. The lowest BCUT2D eigenvalue weighted by Gasteiger charge is -2.09. The number of halogens is 1. The molecule has 0 spiro atoms. The van der Waals surface area contributed by atoms with E-state index in [-0.39, 0.29) is 11.7 Å². The topological polar surface area (TPSA) is 85.8 Å². The third-order valence-electron chi connectivity index (χ3n) is 4.21. The summed E-state index contributed by atoms with van der Waals surface area (Å²) in [7, 11) is 0. The van der Waals surface area contributed by atoms with Gasteiger partial charge in [-0.15, -0.1) is 10.2 Å². The SMILES string of the molecule is CCCC[C@H](CC)c1nnc(NC(=O)c2ccc(Cn3cc(Br)cn3)o2)s1. The molecule has 0 aromatic carbocycles. The van der Waals surface area contributed by atoms with Gasteiger partial charge in [0, 0.05) is 12.1 Å². The van der Waals surface area contributed by atoms with Crippen molar-refractivity contribution in [1.29, 1.82) is 0 Å². The number of nitrogens with zero attached hydrogens (tertiary/aromatic N) is 4. The molecule has 3 heterocycles. The van der Waals surface area contributed by atoms with E-state index in [4.69, 9.17) is 4.42 Å². The average molecular weight is 452 g/mol. The molecule has 0 bridgehead atoms. The third-order valence-corrected chi connectivity index (χ3v) is 5.62. The van der Waals surface area contributed by atoms with Gasteiger partial charge >= 0.3 is 0 Å². The summed E-state index contributed by atoms with van der Waals surface area (Å²) < 4.78 is 8.24. The van der Waals surface area contributed by atoms with Gasteiger partial charge in [0.05, 0.1) is 17.2 Å². The van der Waals surface area contributed by atoms with Gasteiger partial charge in [-0.1, -0.05) is 38.0 Å². The number of amides is 1. The van der Waals surface area contributed by atoms with Crippen LogP contribution in [0.15, 0.2) is 33.4 Å². The first-order valence-corrected chi connectivity index (χ1v) is 10.6. The Balaban J connectivity index is 1.60. The quantitative estimate of drug-likeness (QED) is 0.490. The van der Waals surface area contributed by atoms with E-state index in [1.807, 2.05) is 6.20 Å². The second-order valence-electron chi connectivity index (χ2n) is 6.27. The second kappa shape index (κ2) is 9.27. The molecule has 0 fully saturated rings. The van der Waals surface area contributed by atoms with Crippen LogP contribution >= 0.6 is 27.3 Å². The summed E-state index contributed by atoms with van der Waals surface area (Å²) in [5.74, 6) is 0.967. The Morgan fingerprint density at radius 3 is 2.93 bits per heavy atom. The van der Waals surface area contributed by atoms with Crippen molar-refractivity contribution in [2.75, 3.05) is 5.32 Å². The molecule has 1 N–H and O–H groups in total. The van der Waals surface area contributed by atoms with Crippen LogP contribution in [-0.4, -0.2) is 25.9 Å². The summed E-state index contributed by atoms with van der Waals surface area (Å²) in [5.41, 5.74) is 0. The van der Waals surface area contributed by atoms with Crippen LogP contribution in [0.1, 0.15) is 66.8 Å². The fourth-order valence-electron chi connectivity index (χ4n) is 2.73. The predicted octanol–water partition coefficient (Wildman–Crippen LogP) is 5.07. The third kappa shape index (κ3) is 5.26. The largest absolute Gasteiger partial charge is 0.454 e. The van der Waals surface area contributed by atoms with Crippen molar-refractivity contribution in [3.8, 4) is 0 Å². The first kappa shape index (κ1) is 19.8. The molecule has 27 heavy (non-hydrogen) atoms. The highest BCUT2D eigenvalue weighted by Crippen LogP contribution is 2.30. The molecular weight excluding hydrogens is 430 g/mol. The molecular formula is C18H22BrN5O2S. The Bertz CT molecular complexity index is 888. The molecule has 9 heteroatoms. The number of rotatable bonds is 9. The van der Waals surface area contributed by atoms with E-state index in [1.54, 1.807) is 23.0 Å². The summed E-state index contributed by atoms with van der Waals surface area (Å²) in [4.78, 5) is 12.4. The molecule has 144 valence electrons. The molecule has 0 unspecified atom stereocenters. The Hall–Kier alpha value is -2.00. The van der Waals surface area contributed by atoms with Gasteiger partial charge in [-0.05, 0) is 40.9 Å². The van der Waals surface area contributed by atoms with Gasteiger partial charge < -0.3 is 4.42 Å². The molecule has 0 radical (unpaired) electrons.